The van der Waals surface area contributed by atoms with Crippen molar-refractivity contribution < 1.29 is 9.53 Å². The lowest BCUT2D eigenvalue weighted by Gasteiger charge is -2.08. The number of pyridine rings is 1. The molecule has 22 heavy (non-hydrogen) atoms. The van der Waals surface area contributed by atoms with Crippen molar-refractivity contribution in [2.24, 2.45) is 0 Å². The Hall–Kier alpha value is -2.88. The van der Waals surface area contributed by atoms with Gasteiger partial charge in [-0.1, -0.05) is 30.3 Å². The van der Waals surface area contributed by atoms with Gasteiger partial charge < -0.3 is 10.1 Å². The van der Waals surface area contributed by atoms with Crippen molar-refractivity contribution in [2.75, 3.05) is 5.32 Å². The summed E-state index contributed by atoms with van der Waals surface area (Å²) in [7, 11) is 0. The number of amides is 1. The zero-order valence-corrected chi connectivity index (χ0v) is 12.2. The molecule has 4 nitrogen and oxygen atoms in total. The van der Waals surface area contributed by atoms with Crippen molar-refractivity contribution in [3.63, 3.8) is 0 Å². The maximum Gasteiger partial charge on any atom is 0.221 e. The number of ether oxygens (including phenoxy) is 1. The molecule has 0 saturated carbocycles. The zero-order valence-electron chi connectivity index (χ0n) is 12.2. The van der Waals surface area contributed by atoms with E-state index in [1.54, 1.807) is 6.07 Å². The average Bonchev–Trinajstić information content (AvgIpc) is 2.52. The van der Waals surface area contributed by atoms with E-state index in [0.717, 1.165) is 22.3 Å². The Kier molecular flexibility index (Phi) is 4.01. The molecule has 0 atom stereocenters. The molecule has 1 N–H and O–H groups in total. The van der Waals surface area contributed by atoms with Gasteiger partial charge in [-0.3, -0.25) is 4.79 Å². The molecule has 3 aromatic rings. The third-order valence-corrected chi connectivity index (χ3v) is 3.20. The van der Waals surface area contributed by atoms with Gasteiger partial charge in [0.05, 0.1) is 11.2 Å². The van der Waals surface area contributed by atoms with E-state index in [1.165, 1.54) is 6.92 Å². The van der Waals surface area contributed by atoms with Gasteiger partial charge in [0.1, 0.15) is 12.4 Å². The highest BCUT2D eigenvalue weighted by Gasteiger charge is 2.01. The molecule has 0 spiro atoms. The quantitative estimate of drug-likeness (QED) is 0.796. The van der Waals surface area contributed by atoms with Crippen molar-refractivity contribution in [3.05, 3.63) is 66.4 Å². The van der Waals surface area contributed by atoms with Crippen molar-refractivity contribution in [1.29, 1.82) is 0 Å². The van der Waals surface area contributed by atoms with Gasteiger partial charge in [0, 0.05) is 24.1 Å². The summed E-state index contributed by atoms with van der Waals surface area (Å²) in [5.41, 5.74) is 2.54. The van der Waals surface area contributed by atoms with E-state index in [-0.39, 0.29) is 5.91 Å². The smallest absolute Gasteiger partial charge is 0.221 e. The fraction of sp³-hybridized carbons (Fsp3) is 0.111. The monoisotopic (exact) mass is 292 g/mol. The number of rotatable bonds is 4. The third-order valence-electron chi connectivity index (χ3n) is 3.20. The fourth-order valence-corrected chi connectivity index (χ4v) is 2.21. The minimum absolute atomic E-state index is 0.103. The van der Waals surface area contributed by atoms with Crippen LogP contribution in [0.5, 0.6) is 5.75 Å². The van der Waals surface area contributed by atoms with Gasteiger partial charge in [-0.25, -0.2) is 4.98 Å². The molecule has 1 aromatic heterocycles. The Morgan fingerprint density at radius 2 is 1.95 bits per heavy atom. The number of aromatic nitrogens is 1. The highest BCUT2D eigenvalue weighted by atomic mass is 16.5. The molecule has 2 aromatic carbocycles. The summed E-state index contributed by atoms with van der Waals surface area (Å²) in [6.07, 6.45) is 0. The third kappa shape index (κ3) is 3.41. The topological polar surface area (TPSA) is 51.2 Å². The summed E-state index contributed by atoms with van der Waals surface area (Å²) in [5.74, 6) is 0.592. The molecule has 0 aliphatic carbocycles. The molecular weight excluding hydrogens is 276 g/mol. The lowest BCUT2D eigenvalue weighted by molar-refractivity contribution is -0.114. The summed E-state index contributed by atoms with van der Waals surface area (Å²) >= 11 is 0. The minimum Gasteiger partial charge on any atom is -0.487 e. The van der Waals surface area contributed by atoms with Gasteiger partial charge in [-0.05, 0) is 24.3 Å². The second kappa shape index (κ2) is 6.26. The van der Waals surface area contributed by atoms with E-state index in [1.807, 2.05) is 54.6 Å². The van der Waals surface area contributed by atoms with E-state index in [0.29, 0.717) is 12.4 Å². The van der Waals surface area contributed by atoms with Gasteiger partial charge in [0.2, 0.25) is 5.91 Å². The standard InChI is InChI=1S/C18H16N2O2/c1-13(21)19-15-6-4-7-17(11-15)22-12-16-10-9-14-5-2-3-8-18(14)20-16/h2-11H,12H2,1H3,(H,19,21). The number of fused-ring (bicyclic) bond motifs is 1. The van der Waals surface area contributed by atoms with Crippen molar-refractivity contribution in [2.45, 2.75) is 13.5 Å². The van der Waals surface area contributed by atoms with Gasteiger partial charge in [0.15, 0.2) is 0 Å². The lowest BCUT2D eigenvalue weighted by atomic mass is 10.2. The summed E-state index contributed by atoms with van der Waals surface area (Å²) in [6, 6.07) is 19.3. The van der Waals surface area contributed by atoms with Gasteiger partial charge >= 0.3 is 0 Å². The van der Waals surface area contributed by atoms with E-state index in [9.17, 15) is 4.79 Å². The van der Waals surface area contributed by atoms with Crippen LogP contribution in [0.15, 0.2) is 60.7 Å². The summed E-state index contributed by atoms with van der Waals surface area (Å²) in [5, 5.41) is 3.84. The summed E-state index contributed by atoms with van der Waals surface area (Å²) in [6.45, 7) is 1.86. The maximum atomic E-state index is 11.1. The van der Waals surface area contributed by atoms with Crippen molar-refractivity contribution in [1.82, 2.24) is 4.98 Å². The molecular formula is C18H16N2O2. The largest absolute Gasteiger partial charge is 0.487 e. The number of hydrogen-bond acceptors (Lipinski definition) is 3. The number of hydrogen-bond donors (Lipinski definition) is 1. The molecule has 0 aliphatic rings. The van der Waals surface area contributed by atoms with E-state index in [4.69, 9.17) is 4.74 Å². The number of nitrogens with one attached hydrogen (secondary N) is 1. The second-order valence-electron chi connectivity index (χ2n) is 4.99. The highest BCUT2D eigenvalue weighted by molar-refractivity contribution is 5.88. The number of carbonyl (C=O) groups is 1. The first-order valence-corrected chi connectivity index (χ1v) is 7.06. The number of carbonyl (C=O) groups excluding carboxylic acids is 1. The van der Waals surface area contributed by atoms with E-state index >= 15 is 0 Å². The highest BCUT2D eigenvalue weighted by Crippen LogP contribution is 2.19. The Balaban J connectivity index is 1.72. The maximum absolute atomic E-state index is 11.1. The van der Waals surface area contributed by atoms with Gasteiger partial charge in [-0.2, -0.15) is 0 Å². The summed E-state index contributed by atoms with van der Waals surface area (Å²) < 4.78 is 5.75. The molecule has 0 fully saturated rings. The van der Waals surface area contributed by atoms with Crippen LogP contribution in [0, 0.1) is 0 Å². The average molecular weight is 292 g/mol. The molecule has 110 valence electrons. The van der Waals surface area contributed by atoms with E-state index < -0.39 is 0 Å². The van der Waals surface area contributed by atoms with Crippen molar-refractivity contribution >= 4 is 22.5 Å². The van der Waals surface area contributed by atoms with Crippen LogP contribution in [0.2, 0.25) is 0 Å². The van der Waals surface area contributed by atoms with Crippen LogP contribution in [0.4, 0.5) is 5.69 Å². The molecule has 0 unspecified atom stereocenters. The number of anilines is 1. The van der Waals surface area contributed by atoms with Crippen LogP contribution in [0.3, 0.4) is 0 Å². The van der Waals surface area contributed by atoms with Crippen LogP contribution in [-0.2, 0) is 11.4 Å². The molecule has 1 amide bonds. The second-order valence-corrected chi connectivity index (χ2v) is 4.99. The van der Waals surface area contributed by atoms with Crippen LogP contribution in [-0.4, -0.2) is 10.9 Å². The fourth-order valence-electron chi connectivity index (χ4n) is 2.21. The Morgan fingerprint density at radius 3 is 2.82 bits per heavy atom. The predicted octanol–water partition coefficient (Wildman–Crippen LogP) is 3.77. The first-order chi connectivity index (χ1) is 10.7. The molecule has 4 heteroatoms. The molecule has 0 radical (unpaired) electrons. The SMILES string of the molecule is CC(=O)Nc1cccc(OCc2ccc3ccccc3n2)c1. The molecule has 0 bridgehead atoms. The molecule has 0 saturated heterocycles. The Labute approximate surface area is 128 Å². The Bertz CT molecular complexity index is 815. The normalized spacial score (nSPS) is 10.4. The number of benzene rings is 2. The van der Waals surface area contributed by atoms with Crippen LogP contribution in [0.25, 0.3) is 10.9 Å². The zero-order chi connectivity index (χ0) is 15.4. The van der Waals surface area contributed by atoms with Crippen LogP contribution in [0.1, 0.15) is 12.6 Å². The number of para-hydroxylation sites is 1. The van der Waals surface area contributed by atoms with Gasteiger partial charge in [0.25, 0.3) is 0 Å². The van der Waals surface area contributed by atoms with Gasteiger partial charge in [-0.15, -0.1) is 0 Å². The first kappa shape index (κ1) is 14.1. The molecule has 1 heterocycles. The molecule has 3 rings (SSSR count). The lowest BCUT2D eigenvalue weighted by Crippen LogP contribution is -2.05. The molecule has 0 aliphatic heterocycles. The van der Waals surface area contributed by atoms with Crippen LogP contribution < -0.4 is 10.1 Å². The Morgan fingerprint density at radius 1 is 1.09 bits per heavy atom. The minimum atomic E-state index is -0.103. The summed E-state index contributed by atoms with van der Waals surface area (Å²) in [4.78, 5) is 15.6. The van der Waals surface area contributed by atoms with E-state index in [2.05, 4.69) is 10.3 Å². The predicted molar refractivity (Wildman–Crippen MR) is 86.8 cm³/mol. The first-order valence-electron chi connectivity index (χ1n) is 7.06. The number of nitrogens with zero attached hydrogens (tertiary/aromatic N) is 1. The van der Waals surface area contributed by atoms with Crippen molar-refractivity contribution in [3.8, 4) is 5.75 Å². The van der Waals surface area contributed by atoms with Crippen LogP contribution >= 0.6 is 0 Å².